The molecule has 0 aromatic heterocycles. The first kappa shape index (κ1) is 10.9. The average Bonchev–Trinajstić information content (AvgIpc) is 2.10. The fourth-order valence-corrected chi connectivity index (χ4v) is 1.38. The Kier molecular flexibility index (Phi) is 3.05. The molecule has 0 bridgehead atoms. The molecule has 0 heterocycles. The van der Waals surface area contributed by atoms with E-state index in [0.29, 0.717) is 0 Å². The van der Waals surface area contributed by atoms with Crippen LogP contribution in [0.4, 0.5) is 8.78 Å². The molecule has 1 aromatic carbocycles. The van der Waals surface area contributed by atoms with E-state index in [-0.39, 0.29) is 10.0 Å². The molecule has 0 fully saturated rings. The summed E-state index contributed by atoms with van der Waals surface area (Å²) in [5, 5.41) is 17.5. The molecule has 0 atom stereocenters. The summed E-state index contributed by atoms with van der Waals surface area (Å²) >= 11 is 2.70. The summed E-state index contributed by atoms with van der Waals surface area (Å²) < 4.78 is 25.4. The molecule has 0 aliphatic heterocycles. The monoisotopic (exact) mass is 266 g/mol. The molecule has 1 aromatic rings. The van der Waals surface area contributed by atoms with Gasteiger partial charge in [0.1, 0.15) is 0 Å². The second kappa shape index (κ2) is 3.91. The summed E-state index contributed by atoms with van der Waals surface area (Å²) in [5.41, 5.74) is -0.178. The summed E-state index contributed by atoms with van der Waals surface area (Å²) in [7, 11) is 0. The quantitative estimate of drug-likeness (QED) is 0.806. The zero-order valence-corrected chi connectivity index (χ0v) is 8.31. The number of rotatable bonds is 2. The number of carboxylic acid groups (broad SMARTS) is 1. The molecule has 0 saturated carbocycles. The minimum atomic E-state index is -1.45. The Hall–Kier alpha value is -1.17. The lowest BCUT2D eigenvalue weighted by molar-refractivity contribution is -0.136. The average molecular weight is 267 g/mol. The second-order valence-corrected chi connectivity index (χ2v) is 3.42. The predicted octanol–water partition coefficient (Wildman–Crippen LogP) is 2.06. The minimum absolute atomic E-state index is 0.178. The molecule has 0 saturated heterocycles. The molecular formula is C8H5BrF2O3. The smallest absolute Gasteiger partial charge is 0.307 e. The van der Waals surface area contributed by atoms with E-state index in [2.05, 4.69) is 15.9 Å². The molecule has 0 unspecified atom stereocenters. The van der Waals surface area contributed by atoms with Gasteiger partial charge in [-0.3, -0.25) is 4.79 Å². The first-order chi connectivity index (χ1) is 6.43. The lowest BCUT2D eigenvalue weighted by atomic mass is 10.1. The van der Waals surface area contributed by atoms with Gasteiger partial charge in [0.25, 0.3) is 0 Å². The molecule has 6 heteroatoms. The number of aromatic hydroxyl groups is 1. The van der Waals surface area contributed by atoms with E-state index >= 15 is 0 Å². The topological polar surface area (TPSA) is 57.5 Å². The standard InChI is InChI=1S/C8H5BrF2O3/c9-4-1-3(2-5(12)13)8(14)7(11)6(4)10/h1,14H,2H2,(H,12,13). The molecule has 0 radical (unpaired) electrons. The second-order valence-electron chi connectivity index (χ2n) is 2.56. The van der Waals surface area contributed by atoms with Gasteiger partial charge in [0.05, 0.1) is 10.9 Å². The van der Waals surface area contributed by atoms with Crippen molar-refractivity contribution in [2.45, 2.75) is 6.42 Å². The molecule has 76 valence electrons. The summed E-state index contributed by atoms with van der Waals surface area (Å²) in [6.45, 7) is 0. The maximum absolute atomic E-state index is 12.9. The van der Waals surface area contributed by atoms with Crippen LogP contribution in [0.2, 0.25) is 0 Å². The molecular weight excluding hydrogens is 262 g/mol. The summed E-state index contributed by atoms with van der Waals surface area (Å²) in [4.78, 5) is 10.3. The summed E-state index contributed by atoms with van der Waals surface area (Å²) in [6, 6.07) is 1.03. The number of phenolic OH excluding ortho intramolecular Hbond substituents is 1. The van der Waals surface area contributed by atoms with Crippen molar-refractivity contribution in [3.8, 4) is 5.75 Å². The third-order valence-electron chi connectivity index (χ3n) is 1.56. The summed E-state index contributed by atoms with van der Waals surface area (Å²) in [5.74, 6) is -4.89. The van der Waals surface area contributed by atoms with Crippen molar-refractivity contribution in [1.29, 1.82) is 0 Å². The number of hydrogen-bond acceptors (Lipinski definition) is 2. The number of carboxylic acids is 1. The van der Waals surface area contributed by atoms with Gasteiger partial charge in [0.2, 0.25) is 5.82 Å². The van der Waals surface area contributed by atoms with Crippen LogP contribution in [0.15, 0.2) is 10.5 Å². The highest BCUT2D eigenvalue weighted by Crippen LogP contribution is 2.29. The molecule has 0 spiro atoms. The van der Waals surface area contributed by atoms with Gasteiger partial charge in [-0.15, -0.1) is 0 Å². The van der Waals surface area contributed by atoms with Gasteiger partial charge in [-0.25, -0.2) is 4.39 Å². The zero-order chi connectivity index (χ0) is 10.9. The SMILES string of the molecule is O=C(O)Cc1cc(Br)c(F)c(F)c1O. The van der Waals surface area contributed by atoms with E-state index < -0.39 is 29.8 Å². The van der Waals surface area contributed by atoms with Crippen LogP contribution in [0.25, 0.3) is 0 Å². The van der Waals surface area contributed by atoms with Crippen molar-refractivity contribution < 1.29 is 23.8 Å². The van der Waals surface area contributed by atoms with E-state index in [1.54, 1.807) is 0 Å². The maximum Gasteiger partial charge on any atom is 0.307 e. The van der Waals surface area contributed by atoms with Crippen LogP contribution in [0, 0.1) is 11.6 Å². The maximum atomic E-state index is 12.9. The first-order valence-corrected chi connectivity index (χ1v) is 4.30. The van der Waals surface area contributed by atoms with Gasteiger partial charge in [0.15, 0.2) is 11.6 Å². The van der Waals surface area contributed by atoms with Crippen molar-refractivity contribution >= 4 is 21.9 Å². The van der Waals surface area contributed by atoms with Crippen molar-refractivity contribution in [3.63, 3.8) is 0 Å². The van der Waals surface area contributed by atoms with Gasteiger partial charge >= 0.3 is 5.97 Å². The molecule has 0 aliphatic carbocycles. The van der Waals surface area contributed by atoms with Crippen LogP contribution >= 0.6 is 15.9 Å². The lowest BCUT2D eigenvalue weighted by Gasteiger charge is -2.05. The Balaban J connectivity index is 3.25. The fraction of sp³-hybridized carbons (Fsp3) is 0.125. The van der Waals surface area contributed by atoms with Crippen LogP contribution in [0.3, 0.4) is 0 Å². The van der Waals surface area contributed by atoms with Gasteiger partial charge in [-0.05, 0) is 22.0 Å². The lowest BCUT2D eigenvalue weighted by Crippen LogP contribution is -2.02. The number of hydrogen-bond donors (Lipinski definition) is 2. The van der Waals surface area contributed by atoms with E-state index in [9.17, 15) is 13.6 Å². The van der Waals surface area contributed by atoms with Crippen LogP contribution in [0.5, 0.6) is 5.75 Å². The van der Waals surface area contributed by atoms with Crippen molar-refractivity contribution in [2.75, 3.05) is 0 Å². The Morgan fingerprint density at radius 1 is 1.43 bits per heavy atom. The van der Waals surface area contributed by atoms with Crippen molar-refractivity contribution in [1.82, 2.24) is 0 Å². The highest BCUT2D eigenvalue weighted by atomic mass is 79.9. The highest BCUT2D eigenvalue weighted by molar-refractivity contribution is 9.10. The number of benzene rings is 1. The van der Waals surface area contributed by atoms with Gasteiger partial charge in [-0.2, -0.15) is 4.39 Å². The number of phenols is 1. The Morgan fingerprint density at radius 2 is 2.00 bits per heavy atom. The Labute approximate surface area is 86.1 Å². The molecule has 14 heavy (non-hydrogen) atoms. The highest BCUT2D eigenvalue weighted by Gasteiger charge is 2.17. The zero-order valence-electron chi connectivity index (χ0n) is 6.72. The minimum Gasteiger partial charge on any atom is -0.505 e. The van der Waals surface area contributed by atoms with Gasteiger partial charge in [-0.1, -0.05) is 0 Å². The van der Waals surface area contributed by atoms with Gasteiger partial charge in [0, 0.05) is 5.56 Å². The number of aliphatic carboxylic acids is 1. The number of carbonyl (C=O) groups is 1. The van der Waals surface area contributed by atoms with Crippen LogP contribution in [-0.2, 0) is 11.2 Å². The van der Waals surface area contributed by atoms with E-state index in [1.165, 1.54) is 0 Å². The van der Waals surface area contributed by atoms with Crippen molar-refractivity contribution in [2.24, 2.45) is 0 Å². The normalized spacial score (nSPS) is 10.2. The third kappa shape index (κ3) is 2.01. The van der Waals surface area contributed by atoms with E-state index in [4.69, 9.17) is 10.2 Å². The Bertz CT molecular complexity index is 393. The number of halogens is 3. The van der Waals surface area contributed by atoms with Crippen LogP contribution in [0.1, 0.15) is 5.56 Å². The fourth-order valence-electron chi connectivity index (χ4n) is 0.932. The molecule has 2 N–H and O–H groups in total. The van der Waals surface area contributed by atoms with Gasteiger partial charge < -0.3 is 10.2 Å². The molecule has 3 nitrogen and oxygen atoms in total. The predicted molar refractivity (Wildman–Crippen MR) is 47.1 cm³/mol. The third-order valence-corrected chi connectivity index (χ3v) is 2.13. The van der Waals surface area contributed by atoms with E-state index in [1.807, 2.05) is 0 Å². The molecule has 0 amide bonds. The van der Waals surface area contributed by atoms with Crippen molar-refractivity contribution in [3.05, 3.63) is 27.7 Å². The molecule has 1 rings (SSSR count). The summed E-state index contributed by atoms with van der Waals surface area (Å²) in [6.07, 6.45) is -0.568. The van der Waals surface area contributed by atoms with E-state index in [0.717, 1.165) is 6.07 Å². The van der Waals surface area contributed by atoms with Crippen LogP contribution in [-0.4, -0.2) is 16.2 Å². The Morgan fingerprint density at radius 3 is 2.50 bits per heavy atom. The largest absolute Gasteiger partial charge is 0.505 e. The molecule has 0 aliphatic rings. The van der Waals surface area contributed by atoms with Crippen LogP contribution < -0.4 is 0 Å². The first-order valence-electron chi connectivity index (χ1n) is 3.50.